The van der Waals surface area contributed by atoms with Gasteiger partial charge in [-0.05, 0) is 123 Å². The summed E-state index contributed by atoms with van der Waals surface area (Å²) in [5.41, 5.74) is 15.3. The molecule has 0 saturated carbocycles. The molecule has 0 bridgehead atoms. The number of aromatic amines is 2. The number of phenols is 1. The Labute approximate surface area is 864 Å². The summed E-state index contributed by atoms with van der Waals surface area (Å²) in [6.45, 7) is 7.65. The molecule has 44 nitrogen and oxygen atoms in total. The van der Waals surface area contributed by atoms with Crippen molar-refractivity contribution in [2.45, 2.75) is 311 Å². The molecule has 16 atom stereocenters. The molecule has 3 fully saturated rings. The van der Waals surface area contributed by atoms with E-state index in [1.165, 1.54) is 69.8 Å². The van der Waals surface area contributed by atoms with Gasteiger partial charge in [0.15, 0.2) is 0 Å². The summed E-state index contributed by atoms with van der Waals surface area (Å²) < 4.78 is 0. The fourth-order valence-electron chi connectivity index (χ4n) is 19.0. The first-order valence-corrected chi connectivity index (χ1v) is 52.2. The second kappa shape index (κ2) is 58.0. The lowest BCUT2D eigenvalue weighted by Crippen LogP contribution is -2.61. The van der Waals surface area contributed by atoms with Crippen LogP contribution < -0.4 is 64.6 Å². The number of imidazole rings is 1. The standard InChI is InChI=1S/C103H146N20O24S/c1-9-11-30-81-96(140)113-74(44-59(3)4)93(137)118-80(91(135)107-42-24-18-16-14-13-15-17-19-33-87(128)129)56-148-57-86(127)110-77(45-61-34-36-66(124)37-35-61)99(143)119(6)60(5)90(134)116-79(52-85(105)126)102(146)122-43-25-32-82(122)97(141)115-76(50-65-54-106-58-109-65)95(139)112-73(38-39-88(130)131)101(145)123-55-67(125)51-84(123)98(142)114-75(48-64-53-108-71-29-23-22-28-70(64)71)94(138)111-72(40-41-104)92(136)117-78(100(144)121(8)83(31-12-10-2)103(147)120(81)7)47-62-46-63(49-89(132)133)69-27-21-20-26-68(62)69/h20-23,26-29,34-37,46,53-54,58-60,63,67,72-84,108,124-125H,9-19,24-25,30-33,38-45,47-52,55-57,104H2,1-8H3,(H2,105,126)(H,106,109)(H,107,135)(H,110,127)(H,111,138)(H,112,139)(H,113,140)(H,114,142)(H,115,141)(H,116,134)(H,117,136)(H,118,137)(H,128,129)(H,130,131)(H,132,133)/t60-,63?,67+,72-,73-,74-,75-,76-,77-,78-,79-,80-,81-,82-,83-,84-/m0/s1. The van der Waals surface area contributed by atoms with Crippen molar-refractivity contribution in [2.75, 3.05) is 58.8 Å². The van der Waals surface area contributed by atoms with E-state index in [9.17, 15) is 58.8 Å². The molecule has 2 aromatic heterocycles. The highest BCUT2D eigenvalue weighted by molar-refractivity contribution is 8.00. The number of carboxylic acids is 3. The number of thioether (sulfide) groups is 1. The number of carbonyl (C=O) groups is 19. The molecule has 0 spiro atoms. The molecule has 5 heterocycles. The number of rotatable bonds is 37. The topological polar surface area (TPSA) is 658 Å². The quantitative estimate of drug-likeness (QED) is 0.0254. The van der Waals surface area contributed by atoms with E-state index in [-0.39, 0.29) is 113 Å². The molecule has 3 aliphatic heterocycles. The normalized spacial score (nSPS) is 24.4. The molecule has 21 N–H and O–H groups in total. The van der Waals surface area contributed by atoms with Crippen molar-refractivity contribution in [3.05, 3.63) is 126 Å². The number of carboxylic acid groups (broad SMARTS) is 3. The van der Waals surface area contributed by atoms with Gasteiger partial charge in [-0.1, -0.05) is 153 Å². The van der Waals surface area contributed by atoms with Crippen molar-refractivity contribution >= 4 is 141 Å². The van der Waals surface area contributed by atoms with Crippen LogP contribution >= 0.6 is 11.8 Å². The number of aromatic hydroxyl groups is 1. The molecule has 148 heavy (non-hydrogen) atoms. The van der Waals surface area contributed by atoms with Crippen molar-refractivity contribution in [1.82, 2.24) is 92.6 Å². The van der Waals surface area contributed by atoms with Crippen LogP contribution in [0, 0.1) is 5.92 Å². The zero-order chi connectivity index (χ0) is 108. The van der Waals surface area contributed by atoms with Crippen LogP contribution in [0.2, 0.25) is 0 Å². The molecule has 16 amide bonds. The Morgan fingerprint density at radius 1 is 0.534 bits per heavy atom. The van der Waals surface area contributed by atoms with Gasteiger partial charge in [0.2, 0.25) is 94.5 Å². The number of aromatic nitrogens is 3. The Kier molecular flexibility index (Phi) is 46.2. The van der Waals surface area contributed by atoms with Gasteiger partial charge in [-0.3, -0.25) is 91.1 Å². The number of unbranched alkanes of at least 4 members (excludes halogenated alkanes) is 9. The number of H-pyrrole nitrogens is 2. The van der Waals surface area contributed by atoms with Crippen LogP contribution in [0.4, 0.5) is 0 Å². The van der Waals surface area contributed by atoms with Gasteiger partial charge in [0.05, 0.1) is 31.0 Å². The fraction of sp³-hybridized carbons (Fsp3) is 0.573. The number of carbonyl (C=O) groups excluding carboxylic acids is 16. The van der Waals surface area contributed by atoms with Gasteiger partial charge in [-0.2, -0.15) is 0 Å². The summed E-state index contributed by atoms with van der Waals surface area (Å²) in [6.07, 6.45) is 7.14. The molecule has 1 aliphatic carbocycles. The summed E-state index contributed by atoms with van der Waals surface area (Å²) in [5, 5.41) is 79.3. The molecule has 3 saturated heterocycles. The minimum atomic E-state index is -1.86. The SMILES string of the molecule is CCCC[C@H]1C(=O)N(C)[C@@H](CCCC)C(=O)N[C@@H](CC(C)C)C(=O)N[C@H](C(=O)NCCCCCCCCCCC(=O)O)CSCC(=O)N[C@@H](Cc2ccc(O)cc2)C(=O)N(C)[C@@H](C)C(=O)N[C@@H](CC(N)=O)C(=O)N2CCC[C@H]2C(=O)N[C@@H](Cc2cnc[nH]2)C(=O)N[C@@H](CCC(=O)O)C(=O)N2C[C@H](O)C[C@H]2C(=O)N[C@@H](Cc2c[nH]c3ccccc23)C(=O)N[C@@H](CCN)C(=O)N[C@@H](CC2=CC(CC(=O)O)c3ccccc32)C(=O)N1C. The minimum absolute atomic E-state index is 0.0172. The van der Waals surface area contributed by atoms with Crippen LogP contribution in [0.3, 0.4) is 0 Å². The molecule has 3 aromatic carbocycles. The van der Waals surface area contributed by atoms with Crippen LogP contribution in [0.15, 0.2) is 97.6 Å². The van der Waals surface area contributed by atoms with E-state index in [0.717, 1.165) is 63.5 Å². The second-order valence-electron chi connectivity index (χ2n) is 39.0. The van der Waals surface area contributed by atoms with Gasteiger partial charge in [0.25, 0.3) is 0 Å². The van der Waals surface area contributed by atoms with E-state index in [1.54, 1.807) is 74.7 Å². The summed E-state index contributed by atoms with van der Waals surface area (Å²) in [4.78, 5) is 293. The molecule has 0 radical (unpaired) electrons. The fourth-order valence-corrected chi connectivity index (χ4v) is 19.9. The maximum Gasteiger partial charge on any atom is 0.304 e. The largest absolute Gasteiger partial charge is 0.508 e. The van der Waals surface area contributed by atoms with E-state index >= 15 is 52.7 Å². The van der Waals surface area contributed by atoms with E-state index in [2.05, 4.69) is 68.1 Å². The molecule has 1 unspecified atom stereocenters. The van der Waals surface area contributed by atoms with Gasteiger partial charge in [-0.15, -0.1) is 11.8 Å². The number of likely N-dealkylation sites (N-methyl/N-ethyl adjacent to an activating group) is 3. The van der Waals surface area contributed by atoms with Crippen LogP contribution in [-0.2, 0) is 110 Å². The highest BCUT2D eigenvalue weighted by atomic mass is 32.2. The first-order chi connectivity index (χ1) is 70.6. The lowest BCUT2D eigenvalue weighted by molar-refractivity contribution is -0.149. The van der Waals surface area contributed by atoms with E-state index in [0.29, 0.717) is 83.7 Å². The predicted molar refractivity (Wildman–Crippen MR) is 546 cm³/mol. The average molecular weight is 2080 g/mol. The summed E-state index contributed by atoms with van der Waals surface area (Å²) in [6, 6.07) is -2.66. The maximum atomic E-state index is 16.1. The van der Waals surface area contributed by atoms with Gasteiger partial charge in [-0.25, -0.2) is 4.98 Å². The summed E-state index contributed by atoms with van der Waals surface area (Å²) >= 11 is 0.882. The lowest BCUT2D eigenvalue weighted by Gasteiger charge is -2.36. The maximum absolute atomic E-state index is 16.1. The first-order valence-electron chi connectivity index (χ1n) is 51.0. The van der Waals surface area contributed by atoms with Gasteiger partial charge in [0.1, 0.15) is 90.3 Å². The smallest absolute Gasteiger partial charge is 0.304 e. The lowest BCUT2D eigenvalue weighted by atomic mass is 9.96. The second-order valence-corrected chi connectivity index (χ2v) is 40.1. The monoisotopic (exact) mass is 2080 g/mol. The number of nitrogens with two attached hydrogens (primary N) is 2. The number of hydrogen-bond acceptors (Lipinski definition) is 24. The number of fused-ring (bicyclic) bond motifs is 4. The Balaban J connectivity index is 1.11. The zero-order valence-corrected chi connectivity index (χ0v) is 86.1. The molecule has 5 aromatic rings. The molecule has 808 valence electrons. The van der Waals surface area contributed by atoms with Crippen molar-refractivity contribution in [2.24, 2.45) is 17.4 Å². The van der Waals surface area contributed by atoms with E-state index in [1.807, 2.05) is 13.8 Å². The minimum Gasteiger partial charge on any atom is -0.508 e. The predicted octanol–water partition coefficient (Wildman–Crippen LogP) is 2.46. The first kappa shape index (κ1) is 118. The molecular weight excluding hydrogens is 1930 g/mol. The molecule has 9 rings (SSSR count). The van der Waals surface area contributed by atoms with Crippen molar-refractivity contribution in [1.29, 1.82) is 0 Å². The number of allylic oxidation sites excluding steroid dienone is 1. The van der Waals surface area contributed by atoms with Crippen LogP contribution in [-0.4, -0.2) is 327 Å². The van der Waals surface area contributed by atoms with E-state index in [4.69, 9.17) is 16.6 Å². The third-order valence-electron chi connectivity index (χ3n) is 27.3. The molecule has 45 heteroatoms. The zero-order valence-electron chi connectivity index (χ0n) is 85.3. The summed E-state index contributed by atoms with van der Waals surface area (Å²) in [7, 11) is 3.96. The highest BCUT2D eigenvalue weighted by Crippen LogP contribution is 2.41. The van der Waals surface area contributed by atoms with Gasteiger partial charge in [0, 0.05) is 126 Å². The Morgan fingerprint density at radius 3 is 1.76 bits per heavy atom. The number of phenolic OH excluding ortho intramolecular Hbond substituents is 1. The van der Waals surface area contributed by atoms with Crippen LogP contribution in [0.25, 0.3) is 16.5 Å². The molecular formula is C103H146N20O24S. The number of nitrogens with one attached hydrogen (secondary N) is 12. The number of benzene rings is 3. The number of aliphatic hydroxyl groups excluding tert-OH is 1. The number of para-hydroxylation sites is 1. The third-order valence-corrected chi connectivity index (χ3v) is 28.3. The van der Waals surface area contributed by atoms with Crippen molar-refractivity contribution < 1.29 is 117 Å². The number of amides is 16. The number of aliphatic hydroxyl groups is 1. The summed E-state index contributed by atoms with van der Waals surface area (Å²) in [5.74, 6) is -20.4. The molecule has 4 aliphatic rings. The third kappa shape index (κ3) is 34.6. The number of aliphatic carboxylic acids is 3. The Morgan fingerprint density at radius 2 is 1.11 bits per heavy atom. The Bertz CT molecular complexity index is 5490. The number of hydrogen-bond donors (Lipinski definition) is 19. The van der Waals surface area contributed by atoms with Gasteiger partial charge < -0.3 is 125 Å². The van der Waals surface area contributed by atoms with Gasteiger partial charge >= 0.3 is 17.9 Å². The average Bonchev–Trinajstić information content (AvgIpc) is 1.64. The van der Waals surface area contributed by atoms with Crippen LogP contribution in [0.5, 0.6) is 5.75 Å². The Hall–Kier alpha value is -13.9. The number of nitrogens with zero attached hydrogens (tertiary/aromatic N) is 6. The van der Waals surface area contributed by atoms with E-state index < -0.39 is 253 Å². The number of primary amides is 1. The highest BCUT2D eigenvalue weighted by Gasteiger charge is 2.47. The van der Waals surface area contributed by atoms with Crippen molar-refractivity contribution in [3.8, 4) is 5.75 Å². The van der Waals surface area contributed by atoms with Crippen molar-refractivity contribution in [3.63, 3.8) is 0 Å². The van der Waals surface area contributed by atoms with Crippen LogP contribution in [0.1, 0.15) is 229 Å².